The van der Waals surface area contributed by atoms with Crippen molar-refractivity contribution in [2.24, 2.45) is 0 Å². The molecule has 200 valence electrons. The summed E-state index contributed by atoms with van der Waals surface area (Å²) in [6.45, 7) is 7.63. The first kappa shape index (κ1) is 29.0. The smallest absolute Gasteiger partial charge is 0.475 e. The average molecular weight is 540 g/mol. The molecule has 1 aromatic rings. The summed E-state index contributed by atoms with van der Waals surface area (Å²) in [5.41, 5.74) is -0.657. The van der Waals surface area contributed by atoms with Crippen LogP contribution in [0.25, 0.3) is 6.08 Å². The van der Waals surface area contributed by atoms with Crippen molar-refractivity contribution in [3.63, 3.8) is 0 Å². The molecule has 0 aliphatic carbocycles. The predicted octanol–water partition coefficient (Wildman–Crippen LogP) is 5.37. The molecule has 0 saturated heterocycles. The Hall–Kier alpha value is -3.22. The molecule has 2 unspecified atom stereocenters. The number of esters is 1. The third-order valence-corrected chi connectivity index (χ3v) is 5.15. The monoisotopic (exact) mass is 539 g/mol. The van der Waals surface area contributed by atoms with Crippen LogP contribution in [-0.4, -0.2) is 48.5 Å². The molecule has 0 N–H and O–H groups in total. The van der Waals surface area contributed by atoms with Gasteiger partial charge in [-0.1, -0.05) is 32.4 Å². The van der Waals surface area contributed by atoms with Crippen LogP contribution in [0.4, 0.5) is 18.0 Å². The molecule has 0 saturated carbocycles. The Kier molecular flexibility index (Phi) is 9.05. The molecule has 3 atom stereocenters. The lowest BCUT2D eigenvalue weighted by Crippen LogP contribution is -2.41. The lowest BCUT2D eigenvalue weighted by atomic mass is 9.85. The standard InChI is InChI=1S/C22H25ClF3NO9/c1-11(6-7-32-27(30)31)33-20(29)35-12(2)34-19(28)14-8-13-9-16(23)15(21(3,4)5)10-17(13)36-18(14)22(24,25)26/h8-12,18H,6-7H2,1-5H3/t11?,12?,18-/m0/s1. The molecule has 0 amide bonds. The molecular weight excluding hydrogens is 515 g/mol. The van der Waals surface area contributed by atoms with Crippen molar-refractivity contribution < 1.29 is 51.6 Å². The SMILES string of the molecule is CC(CCO[N+](=O)[O-])OC(=O)OC(C)OC(=O)C1=Cc2cc(Cl)c(C(C)(C)C)cc2O[C@@H]1C(F)(F)F. The molecule has 1 aromatic carbocycles. The Labute approximate surface area is 209 Å². The predicted molar refractivity (Wildman–Crippen MR) is 119 cm³/mol. The molecule has 2 rings (SSSR count). The maximum Gasteiger partial charge on any atom is 0.511 e. The van der Waals surface area contributed by atoms with Gasteiger partial charge in [0.25, 0.3) is 5.09 Å². The average Bonchev–Trinajstić information content (AvgIpc) is 2.70. The van der Waals surface area contributed by atoms with Crippen molar-refractivity contribution in [1.29, 1.82) is 0 Å². The molecule has 14 heteroatoms. The summed E-state index contributed by atoms with van der Waals surface area (Å²) in [6.07, 6.45) is -10.5. The van der Waals surface area contributed by atoms with E-state index < -0.39 is 52.9 Å². The highest BCUT2D eigenvalue weighted by atomic mass is 35.5. The van der Waals surface area contributed by atoms with E-state index in [1.807, 2.05) is 20.8 Å². The van der Waals surface area contributed by atoms with E-state index in [9.17, 15) is 32.9 Å². The highest BCUT2D eigenvalue weighted by molar-refractivity contribution is 6.31. The normalized spacial score (nSPS) is 17.0. The summed E-state index contributed by atoms with van der Waals surface area (Å²) in [5, 5.41) is 9.38. The van der Waals surface area contributed by atoms with E-state index in [1.165, 1.54) is 19.1 Å². The van der Waals surface area contributed by atoms with Crippen LogP contribution in [0.5, 0.6) is 5.75 Å². The zero-order valence-corrected chi connectivity index (χ0v) is 20.8. The van der Waals surface area contributed by atoms with Gasteiger partial charge < -0.3 is 23.8 Å². The maximum absolute atomic E-state index is 13.7. The van der Waals surface area contributed by atoms with Crippen molar-refractivity contribution in [3.05, 3.63) is 44.0 Å². The first-order valence-corrected chi connectivity index (χ1v) is 11.0. The number of carbonyl (C=O) groups is 2. The van der Waals surface area contributed by atoms with Crippen LogP contribution in [-0.2, 0) is 29.3 Å². The van der Waals surface area contributed by atoms with Gasteiger partial charge >= 0.3 is 18.3 Å². The van der Waals surface area contributed by atoms with Crippen molar-refractivity contribution in [3.8, 4) is 5.75 Å². The number of hydrogen-bond donors (Lipinski definition) is 0. The molecule has 0 bridgehead atoms. The topological polar surface area (TPSA) is 123 Å². The van der Waals surface area contributed by atoms with E-state index in [0.29, 0.717) is 5.56 Å². The van der Waals surface area contributed by atoms with Crippen molar-refractivity contribution in [2.75, 3.05) is 6.61 Å². The minimum absolute atomic E-state index is 0.0410. The highest BCUT2D eigenvalue weighted by Gasteiger charge is 2.49. The molecule has 1 heterocycles. The second-order valence-electron chi connectivity index (χ2n) is 8.87. The number of hydrogen-bond acceptors (Lipinski definition) is 9. The van der Waals surface area contributed by atoms with Gasteiger partial charge in [0.2, 0.25) is 12.4 Å². The van der Waals surface area contributed by atoms with Crippen LogP contribution in [0.1, 0.15) is 52.2 Å². The molecule has 1 aliphatic heterocycles. The van der Waals surface area contributed by atoms with E-state index >= 15 is 0 Å². The van der Waals surface area contributed by atoms with E-state index in [0.717, 1.165) is 13.0 Å². The Morgan fingerprint density at radius 3 is 2.36 bits per heavy atom. The van der Waals surface area contributed by atoms with Gasteiger partial charge in [0.1, 0.15) is 11.9 Å². The fraction of sp³-hybridized carbons (Fsp3) is 0.545. The molecule has 0 radical (unpaired) electrons. The minimum atomic E-state index is -4.96. The molecule has 0 spiro atoms. The number of rotatable bonds is 8. The van der Waals surface area contributed by atoms with Crippen LogP contribution in [0, 0.1) is 10.1 Å². The summed E-state index contributed by atoms with van der Waals surface area (Å²) >= 11 is 6.29. The second-order valence-corrected chi connectivity index (χ2v) is 9.28. The van der Waals surface area contributed by atoms with Gasteiger partial charge in [-0.3, -0.25) is 0 Å². The molecular formula is C22H25ClF3NO9. The highest BCUT2D eigenvalue weighted by Crippen LogP contribution is 2.42. The van der Waals surface area contributed by atoms with Gasteiger partial charge in [-0.2, -0.15) is 13.2 Å². The summed E-state index contributed by atoms with van der Waals surface area (Å²) in [5.74, 6) is -1.54. The maximum atomic E-state index is 13.7. The van der Waals surface area contributed by atoms with Gasteiger partial charge in [0.05, 0.1) is 12.2 Å². The van der Waals surface area contributed by atoms with Gasteiger partial charge in [-0.05, 0) is 36.1 Å². The molecule has 0 aromatic heterocycles. The van der Waals surface area contributed by atoms with Crippen LogP contribution in [0.15, 0.2) is 17.7 Å². The van der Waals surface area contributed by atoms with E-state index in [-0.39, 0.29) is 29.4 Å². The van der Waals surface area contributed by atoms with Crippen LogP contribution >= 0.6 is 11.6 Å². The zero-order valence-electron chi connectivity index (χ0n) is 20.0. The number of alkyl halides is 3. The van der Waals surface area contributed by atoms with Crippen LogP contribution < -0.4 is 4.74 Å². The fourth-order valence-corrected chi connectivity index (χ4v) is 3.58. The number of carbonyl (C=O) groups excluding carboxylic acids is 2. The van der Waals surface area contributed by atoms with Gasteiger partial charge in [-0.25, -0.2) is 9.59 Å². The Bertz CT molecular complexity index is 1040. The minimum Gasteiger partial charge on any atom is -0.475 e. The Morgan fingerprint density at radius 2 is 1.81 bits per heavy atom. The number of benzene rings is 1. The first-order valence-electron chi connectivity index (χ1n) is 10.6. The van der Waals surface area contributed by atoms with Crippen molar-refractivity contribution >= 4 is 29.8 Å². The third-order valence-electron chi connectivity index (χ3n) is 4.83. The number of fused-ring (bicyclic) bond motifs is 1. The lowest BCUT2D eigenvalue weighted by molar-refractivity contribution is -0.758. The van der Waals surface area contributed by atoms with Crippen molar-refractivity contribution in [1.82, 2.24) is 0 Å². The molecule has 36 heavy (non-hydrogen) atoms. The summed E-state index contributed by atoms with van der Waals surface area (Å²) in [6, 6.07) is 2.79. The van der Waals surface area contributed by atoms with E-state index in [2.05, 4.69) is 4.84 Å². The Morgan fingerprint density at radius 1 is 1.17 bits per heavy atom. The van der Waals surface area contributed by atoms with Gasteiger partial charge in [-0.15, -0.1) is 10.1 Å². The van der Waals surface area contributed by atoms with Gasteiger partial charge in [0.15, 0.2) is 0 Å². The first-order chi connectivity index (χ1) is 16.5. The van der Waals surface area contributed by atoms with Crippen LogP contribution in [0.2, 0.25) is 5.02 Å². The summed E-state index contributed by atoms with van der Waals surface area (Å²) in [4.78, 5) is 38.6. The largest absolute Gasteiger partial charge is 0.511 e. The lowest BCUT2D eigenvalue weighted by Gasteiger charge is -2.30. The number of nitrogens with zero attached hydrogens (tertiary/aromatic N) is 1. The third kappa shape index (κ3) is 7.90. The summed E-state index contributed by atoms with van der Waals surface area (Å²) < 4.78 is 60.8. The van der Waals surface area contributed by atoms with E-state index in [4.69, 9.17) is 30.5 Å². The second kappa shape index (κ2) is 11.2. The Balaban J connectivity index is 2.14. The fourth-order valence-electron chi connectivity index (χ4n) is 3.12. The quantitative estimate of drug-likeness (QED) is 0.185. The number of ether oxygens (including phenoxy) is 4. The molecule has 0 fully saturated rings. The van der Waals surface area contributed by atoms with E-state index in [1.54, 1.807) is 0 Å². The van der Waals surface area contributed by atoms with Crippen LogP contribution in [0.3, 0.4) is 0 Å². The van der Waals surface area contributed by atoms with Crippen molar-refractivity contribution in [2.45, 2.75) is 71.1 Å². The summed E-state index contributed by atoms with van der Waals surface area (Å²) in [7, 11) is 0. The number of halogens is 4. The molecule has 10 nitrogen and oxygen atoms in total. The zero-order chi connectivity index (χ0) is 27.4. The molecule has 1 aliphatic rings. The van der Waals surface area contributed by atoms with Gasteiger partial charge in [0, 0.05) is 23.9 Å².